The molecular weight excluding hydrogens is 284 g/mol. The number of hydrogen-bond donors (Lipinski definition) is 2. The number of hydrogen-bond acceptors (Lipinski definition) is 2. The average molecular weight is 312 g/mol. The molecule has 23 heavy (non-hydrogen) atoms. The van der Waals surface area contributed by atoms with Crippen molar-refractivity contribution in [2.24, 2.45) is 4.99 Å². The maximum absolute atomic E-state index is 5.31. The maximum atomic E-state index is 5.31. The quantitative estimate of drug-likeness (QED) is 0.481. The molecule has 124 valence electrons. The van der Waals surface area contributed by atoms with E-state index in [1.165, 1.54) is 43.5 Å². The first kappa shape index (κ1) is 17.4. The molecule has 2 N–H and O–H groups in total. The Hall–Kier alpha value is -1.99. The van der Waals surface area contributed by atoms with Gasteiger partial charge in [0, 0.05) is 13.1 Å². The molecule has 0 atom stereocenters. The molecule has 1 aromatic carbocycles. The van der Waals surface area contributed by atoms with Crippen LogP contribution in [0.2, 0.25) is 0 Å². The summed E-state index contributed by atoms with van der Waals surface area (Å²) in [7, 11) is 0. The smallest absolute Gasteiger partial charge is 0.192 e. The van der Waals surface area contributed by atoms with Crippen LogP contribution < -0.4 is 10.6 Å². The third-order valence-electron chi connectivity index (χ3n) is 4.07. The van der Waals surface area contributed by atoms with Gasteiger partial charge in [0.25, 0.3) is 0 Å². The van der Waals surface area contributed by atoms with Gasteiger partial charge in [-0.2, -0.15) is 0 Å². The molecule has 0 radical (unpaired) electrons. The molecule has 0 bridgehead atoms. The number of guanidine groups is 1. The second-order valence-electron chi connectivity index (χ2n) is 5.86. The van der Waals surface area contributed by atoms with Gasteiger partial charge in [-0.25, -0.2) is 4.99 Å². The Kier molecular flexibility index (Phi) is 7.48. The monoisotopic (exact) mass is 312 g/mol. The van der Waals surface area contributed by atoms with Gasteiger partial charge in [0.15, 0.2) is 5.96 Å². The number of benzene rings is 1. The fraction of sp³-hybridized carbons (Fsp3) is 0.526. The number of terminal acetylenes is 1. The molecule has 1 heterocycles. The summed E-state index contributed by atoms with van der Waals surface area (Å²) >= 11 is 0. The second-order valence-corrected chi connectivity index (χ2v) is 5.86. The molecule has 1 aromatic rings. The summed E-state index contributed by atoms with van der Waals surface area (Å²) in [6.07, 6.45) is 9.32. The molecule has 0 aromatic heterocycles. The van der Waals surface area contributed by atoms with Crippen LogP contribution in [-0.4, -0.2) is 37.0 Å². The number of rotatable bonds is 6. The minimum absolute atomic E-state index is 0.487. The van der Waals surface area contributed by atoms with Gasteiger partial charge in [0.05, 0.1) is 13.1 Å². The van der Waals surface area contributed by atoms with Gasteiger partial charge in [-0.15, -0.1) is 6.42 Å². The van der Waals surface area contributed by atoms with E-state index in [1.807, 2.05) is 0 Å². The summed E-state index contributed by atoms with van der Waals surface area (Å²) in [6.45, 7) is 7.49. The van der Waals surface area contributed by atoms with Crippen molar-refractivity contribution in [1.82, 2.24) is 15.5 Å². The highest BCUT2D eigenvalue weighted by Gasteiger charge is 2.12. The van der Waals surface area contributed by atoms with E-state index in [-0.39, 0.29) is 0 Å². The lowest BCUT2D eigenvalue weighted by molar-refractivity contribution is 0.220. The van der Waals surface area contributed by atoms with Crippen LogP contribution in [-0.2, 0) is 13.1 Å². The van der Waals surface area contributed by atoms with Gasteiger partial charge >= 0.3 is 0 Å². The molecule has 0 unspecified atom stereocenters. The molecule has 2 rings (SSSR count). The first-order chi connectivity index (χ1) is 11.3. The van der Waals surface area contributed by atoms with E-state index in [1.54, 1.807) is 0 Å². The predicted molar refractivity (Wildman–Crippen MR) is 97.2 cm³/mol. The summed E-state index contributed by atoms with van der Waals surface area (Å²) < 4.78 is 0. The van der Waals surface area contributed by atoms with Crippen molar-refractivity contribution < 1.29 is 0 Å². The molecule has 0 amide bonds. The molecule has 4 nitrogen and oxygen atoms in total. The molecule has 0 saturated carbocycles. The van der Waals surface area contributed by atoms with Gasteiger partial charge in [0.2, 0.25) is 0 Å². The standard InChI is InChI=1S/C19H28N4/c1-3-12-21-19(20-4-2)22-15-17-10-6-7-11-18(17)16-23-13-8-5-9-14-23/h1,6-7,10-11H,4-5,8-9,12-16H2,2H3,(H2,20,21,22). The zero-order chi connectivity index (χ0) is 16.3. The minimum atomic E-state index is 0.487. The number of nitrogens with zero attached hydrogens (tertiary/aromatic N) is 2. The molecule has 0 aliphatic carbocycles. The van der Waals surface area contributed by atoms with E-state index in [9.17, 15) is 0 Å². The molecule has 4 heteroatoms. The van der Waals surface area contributed by atoms with Crippen LogP contribution in [0.5, 0.6) is 0 Å². The van der Waals surface area contributed by atoms with E-state index in [0.717, 1.165) is 19.0 Å². The summed E-state index contributed by atoms with van der Waals surface area (Å²) in [5, 5.41) is 6.36. The molecule has 1 aliphatic rings. The Morgan fingerprint density at radius 2 is 1.91 bits per heavy atom. The third-order valence-corrected chi connectivity index (χ3v) is 4.07. The normalized spacial score (nSPS) is 15.9. The number of likely N-dealkylation sites (tertiary alicyclic amines) is 1. The minimum Gasteiger partial charge on any atom is -0.357 e. The molecule has 1 fully saturated rings. The number of nitrogens with one attached hydrogen (secondary N) is 2. The highest BCUT2D eigenvalue weighted by Crippen LogP contribution is 2.16. The van der Waals surface area contributed by atoms with E-state index in [0.29, 0.717) is 13.1 Å². The van der Waals surface area contributed by atoms with Gasteiger partial charge in [-0.05, 0) is 44.0 Å². The maximum Gasteiger partial charge on any atom is 0.192 e. The fourth-order valence-corrected chi connectivity index (χ4v) is 2.87. The van der Waals surface area contributed by atoms with Gasteiger partial charge in [-0.3, -0.25) is 4.90 Å². The Balaban J connectivity index is 2.02. The first-order valence-electron chi connectivity index (χ1n) is 8.58. The van der Waals surface area contributed by atoms with Crippen molar-refractivity contribution in [2.45, 2.75) is 39.3 Å². The van der Waals surface area contributed by atoms with Crippen molar-refractivity contribution in [3.63, 3.8) is 0 Å². The van der Waals surface area contributed by atoms with Crippen LogP contribution in [0.4, 0.5) is 0 Å². The molecule has 1 aliphatic heterocycles. The van der Waals surface area contributed by atoms with E-state index < -0.39 is 0 Å². The lowest BCUT2D eigenvalue weighted by Crippen LogP contribution is -2.37. The first-order valence-corrected chi connectivity index (χ1v) is 8.58. The van der Waals surface area contributed by atoms with Crippen molar-refractivity contribution in [3.05, 3.63) is 35.4 Å². The van der Waals surface area contributed by atoms with Crippen LogP contribution >= 0.6 is 0 Å². The summed E-state index contributed by atoms with van der Waals surface area (Å²) in [4.78, 5) is 7.20. The highest BCUT2D eigenvalue weighted by molar-refractivity contribution is 5.80. The van der Waals surface area contributed by atoms with Crippen molar-refractivity contribution >= 4 is 5.96 Å². The molecule has 1 saturated heterocycles. The summed E-state index contributed by atoms with van der Waals surface area (Å²) in [6, 6.07) is 8.61. The van der Waals surface area contributed by atoms with Gasteiger partial charge in [-0.1, -0.05) is 36.6 Å². The number of piperidine rings is 1. The second kappa shape index (κ2) is 9.91. The summed E-state index contributed by atoms with van der Waals surface area (Å²) in [5.74, 6) is 3.36. The molecular formula is C19H28N4. The Morgan fingerprint density at radius 3 is 2.61 bits per heavy atom. The highest BCUT2D eigenvalue weighted by atomic mass is 15.2. The van der Waals surface area contributed by atoms with Crippen LogP contribution in [0.1, 0.15) is 37.3 Å². The van der Waals surface area contributed by atoms with Crippen LogP contribution in [0.25, 0.3) is 0 Å². The zero-order valence-corrected chi connectivity index (χ0v) is 14.1. The van der Waals surface area contributed by atoms with E-state index >= 15 is 0 Å². The number of aliphatic imine (C=N–C) groups is 1. The topological polar surface area (TPSA) is 39.7 Å². The lowest BCUT2D eigenvalue weighted by Gasteiger charge is -2.27. The van der Waals surface area contributed by atoms with Gasteiger partial charge < -0.3 is 10.6 Å². The largest absolute Gasteiger partial charge is 0.357 e. The molecule has 0 spiro atoms. The zero-order valence-electron chi connectivity index (χ0n) is 14.1. The van der Waals surface area contributed by atoms with Crippen LogP contribution in [0, 0.1) is 12.3 Å². The van der Waals surface area contributed by atoms with E-state index in [4.69, 9.17) is 6.42 Å². The third kappa shape index (κ3) is 5.96. The Labute approximate surface area is 140 Å². The van der Waals surface area contributed by atoms with Crippen molar-refractivity contribution in [2.75, 3.05) is 26.2 Å². The fourth-order valence-electron chi connectivity index (χ4n) is 2.87. The van der Waals surface area contributed by atoms with Crippen molar-refractivity contribution in [3.8, 4) is 12.3 Å². The SMILES string of the molecule is C#CCNC(=NCc1ccccc1CN1CCCCC1)NCC. The van der Waals surface area contributed by atoms with Crippen LogP contribution in [0.3, 0.4) is 0 Å². The summed E-state index contributed by atoms with van der Waals surface area (Å²) in [5.41, 5.74) is 2.67. The van der Waals surface area contributed by atoms with E-state index in [2.05, 4.69) is 57.6 Å². The Bertz CT molecular complexity index is 539. The van der Waals surface area contributed by atoms with Crippen molar-refractivity contribution in [1.29, 1.82) is 0 Å². The average Bonchev–Trinajstić information content (AvgIpc) is 2.59. The lowest BCUT2D eigenvalue weighted by atomic mass is 10.1. The Morgan fingerprint density at radius 1 is 1.17 bits per heavy atom. The van der Waals surface area contributed by atoms with Crippen LogP contribution in [0.15, 0.2) is 29.3 Å². The predicted octanol–water partition coefficient (Wildman–Crippen LogP) is 2.36. The van der Waals surface area contributed by atoms with Gasteiger partial charge in [0.1, 0.15) is 0 Å².